The van der Waals surface area contributed by atoms with Crippen molar-refractivity contribution in [2.45, 2.75) is 43.9 Å². The summed E-state index contributed by atoms with van der Waals surface area (Å²) in [5, 5.41) is 12.3. The second kappa shape index (κ2) is 5.70. The quantitative estimate of drug-likeness (QED) is 0.893. The van der Waals surface area contributed by atoms with Crippen LogP contribution in [0.1, 0.15) is 36.7 Å². The van der Waals surface area contributed by atoms with Crippen molar-refractivity contribution in [3.8, 4) is 0 Å². The molecule has 0 spiro atoms. The molecule has 2 aliphatic rings. The Balaban J connectivity index is 1.66. The molecule has 1 aromatic rings. The second-order valence-electron chi connectivity index (χ2n) is 5.29. The van der Waals surface area contributed by atoms with Gasteiger partial charge >= 0.3 is 0 Å². The van der Waals surface area contributed by atoms with Crippen LogP contribution in [-0.4, -0.2) is 41.8 Å². The summed E-state index contributed by atoms with van der Waals surface area (Å²) in [6.45, 7) is 2.68. The molecule has 3 nitrogen and oxygen atoms in total. The number of hydrogen-bond donors (Lipinski definition) is 1. The standard InChI is InChI=1S/C14H21NO2S/c16-12-5-2-1-4-11(12)15-7-8-17-13(10-15)14-6-3-9-18-14/h3,6,9,11-13,16H,1-2,4-5,7-8,10H2. The van der Waals surface area contributed by atoms with Gasteiger partial charge in [-0.1, -0.05) is 18.9 Å². The van der Waals surface area contributed by atoms with E-state index in [1.54, 1.807) is 11.3 Å². The number of ether oxygens (including phenoxy) is 1. The molecule has 3 rings (SSSR count). The van der Waals surface area contributed by atoms with Crippen molar-refractivity contribution in [3.05, 3.63) is 22.4 Å². The van der Waals surface area contributed by atoms with Crippen LogP contribution in [0.15, 0.2) is 17.5 Å². The molecule has 3 unspecified atom stereocenters. The molecular formula is C14H21NO2S. The van der Waals surface area contributed by atoms with E-state index in [-0.39, 0.29) is 12.2 Å². The van der Waals surface area contributed by atoms with E-state index in [0.717, 1.165) is 32.5 Å². The monoisotopic (exact) mass is 267 g/mol. The molecule has 2 fully saturated rings. The Morgan fingerprint density at radius 1 is 1.33 bits per heavy atom. The van der Waals surface area contributed by atoms with Crippen LogP contribution in [0.4, 0.5) is 0 Å². The minimum Gasteiger partial charge on any atom is -0.391 e. The molecule has 1 aliphatic carbocycles. The van der Waals surface area contributed by atoms with Crippen LogP contribution < -0.4 is 0 Å². The maximum atomic E-state index is 10.2. The van der Waals surface area contributed by atoms with Gasteiger partial charge in [-0.2, -0.15) is 0 Å². The third-order valence-corrected chi connectivity index (χ3v) is 5.09. The summed E-state index contributed by atoms with van der Waals surface area (Å²) in [5.74, 6) is 0. The molecule has 2 heterocycles. The van der Waals surface area contributed by atoms with Gasteiger partial charge in [-0.05, 0) is 24.3 Å². The number of morpholine rings is 1. The smallest absolute Gasteiger partial charge is 0.104 e. The van der Waals surface area contributed by atoms with Gasteiger partial charge in [0.05, 0.1) is 12.7 Å². The van der Waals surface area contributed by atoms with Crippen molar-refractivity contribution in [3.63, 3.8) is 0 Å². The lowest BCUT2D eigenvalue weighted by molar-refractivity contribution is -0.0736. The topological polar surface area (TPSA) is 32.7 Å². The molecule has 1 aromatic heterocycles. The fraction of sp³-hybridized carbons (Fsp3) is 0.714. The van der Waals surface area contributed by atoms with Crippen LogP contribution in [0.5, 0.6) is 0 Å². The van der Waals surface area contributed by atoms with E-state index < -0.39 is 0 Å². The van der Waals surface area contributed by atoms with Crippen LogP contribution in [0.25, 0.3) is 0 Å². The predicted octanol–water partition coefficient (Wildman–Crippen LogP) is 2.42. The third-order valence-electron chi connectivity index (χ3n) is 4.12. The van der Waals surface area contributed by atoms with Crippen LogP contribution in [-0.2, 0) is 4.74 Å². The fourth-order valence-corrected chi connectivity index (χ4v) is 3.90. The summed E-state index contributed by atoms with van der Waals surface area (Å²) >= 11 is 1.76. The first-order chi connectivity index (χ1) is 8.84. The van der Waals surface area contributed by atoms with Crippen molar-refractivity contribution < 1.29 is 9.84 Å². The van der Waals surface area contributed by atoms with Gasteiger partial charge in [0.1, 0.15) is 6.10 Å². The molecule has 100 valence electrons. The van der Waals surface area contributed by atoms with E-state index in [2.05, 4.69) is 22.4 Å². The first-order valence-electron chi connectivity index (χ1n) is 6.92. The summed E-state index contributed by atoms with van der Waals surface area (Å²) in [5.41, 5.74) is 0. The molecule has 4 heteroatoms. The molecule has 1 N–H and O–H groups in total. The highest BCUT2D eigenvalue weighted by molar-refractivity contribution is 7.10. The highest BCUT2D eigenvalue weighted by Gasteiger charge is 2.33. The Kier molecular flexibility index (Phi) is 3.99. The average Bonchev–Trinajstić information content (AvgIpc) is 2.93. The lowest BCUT2D eigenvalue weighted by atomic mass is 9.91. The molecule has 3 atom stereocenters. The molecule has 0 amide bonds. The van der Waals surface area contributed by atoms with Crippen LogP contribution in [0.2, 0.25) is 0 Å². The number of nitrogens with zero attached hydrogens (tertiary/aromatic N) is 1. The maximum Gasteiger partial charge on any atom is 0.104 e. The Labute approximate surface area is 112 Å². The highest BCUT2D eigenvalue weighted by atomic mass is 32.1. The van der Waals surface area contributed by atoms with Crippen LogP contribution in [0.3, 0.4) is 0 Å². The first kappa shape index (κ1) is 12.6. The summed E-state index contributed by atoms with van der Waals surface area (Å²) in [6.07, 6.45) is 4.59. The zero-order valence-corrected chi connectivity index (χ0v) is 11.4. The van der Waals surface area contributed by atoms with Crippen molar-refractivity contribution in [1.82, 2.24) is 4.90 Å². The van der Waals surface area contributed by atoms with Gasteiger partial charge in [0.2, 0.25) is 0 Å². The molecule has 18 heavy (non-hydrogen) atoms. The molecular weight excluding hydrogens is 246 g/mol. The van der Waals surface area contributed by atoms with E-state index in [1.165, 1.54) is 17.7 Å². The molecule has 0 bridgehead atoms. The fourth-order valence-electron chi connectivity index (χ4n) is 3.13. The van der Waals surface area contributed by atoms with Crippen molar-refractivity contribution in [2.75, 3.05) is 19.7 Å². The lowest BCUT2D eigenvalue weighted by Gasteiger charge is -2.41. The number of hydrogen-bond acceptors (Lipinski definition) is 4. The van der Waals surface area contributed by atoms with E-state index in [4.69, 9.17) is 4.74 Å². The number of rotatable bonds is 2. The number of thiophene rings is 1. The molecule has 0 aromatic carbocycles. The predicted molar refractivity (Wildman–Crippen MR) is 72.8 cm³/mol. The van der Waals surface area contributed by atoms with Crippen LogP contribution >= 0.6 is 11.3 Å². The number of aliphatic hydroxyl groups excluding tert-OH is 1. The summed E-state index contributed by atoms with van der Waals surface area (Å²) in [4.78, 5) is 3.75. The van der Waals surface area contributed by atoms with E-state index >= 15 is 0 Å². The Hall–Kier alpha value is -0.420. The van der Waals surface area contributed by atoms with Gasteiger partial charge in [-0.25, -0.2) is 0 Å². The Bertz CT molecular complexity index is 368. The molecule has 1 aliphatic heterocycles. The van der Waals surface area contributed by atoms with Crippen molar-refractivity contribution >= 4 is 11.3 Å². The zero-order chi connectivity index (χ0) is 12.4. The largest absolute Gasteiger partial charge is 0.391 e. The molecule has 1 saturated carbocycles. The molecule has 1 saturated heterocycles. The summed E-state index contributed by atoms with van der Waals surface area (Å²) < 4.78 is 5.87. The van der Waals surface area contributed by atoms with Gasteiger partial charge in [0.15, 0.2) is 0 Å². The minimum atomic E-state index is -0.138. The minimum absolute atomic E-state index is 0.138. The van der Waals surface area contributed by atoms with Crippen molar-refractivity contribution in [1.29, 1.82) is 0 Å². The maximum absolute atomic E-state index is 10.2. The zero-order valence-electron chi connectivity index (χ0n) is 10.6. The van der Waals surface area contributed by atoms with Crippen molar-refractivity contribution in [2.24, 2.45) is 0 Å². The van der Waals surface area contributed by atoms with E-state index in [9.17, 15) is 5.11 Å². The second-order valence-corrected chi connectivity index (χ2v) is 6.27. The molecule has 0 radical (unpaired) electrons. The Morgan fingerprint density at radius 3 is 3.00 bits per heavy atom. The SMILES string of the molecule is OC1CCCCC1N1CCOC(c2cccs2)C1. The summed E-state index contributed by atoms with van der Waals surface area (Å²) in [7, 11) is 0. The van der Waals surface area contributed by atoms with Gasteiger partial charge in [0.25, 0.3) is 0 Å². The Morgan fingerprint density at radius 2 is 2.22 bits per heavy atom. The van der Waals surface area contributed by atoms with E-state index in [0.29, 0.717) is 6.04 Å². The first-order valence-corrected chi connectivity index (χ1v) is 7.79. The van der Waals surface area contributed by atoms with E-state index in [1.807, 2.05) is 0 Å². The van der Waals surface area contributed by atoms with Gasteiger partial charge < -0.3 is 9.84 Å². The van der Waals surface area contributed by atoms with Gasteiger partial charge in [0, 0.05) is 24.0 Å². The summed E-state index contributed by atoms with van der Waals surface area (Å²) in [6, 6.07) is 4.58. The van der Waals surface area contributed by atoms with Gasteiger partial charge in [-0.15, -0.1) is 11.3 Å². The number of aliphatic hydroxyl groups is 1. The third kappa shape index (κ3) is 2.62. The average molecular weight is 267 g/mol. The van der Waals surface area contributed by atoms with Crippen LogP contribution in [0, 0.1) is 0 Å². The highest BCUT2D eigenvalue weighted by Crippen LogP contribution is 2.30. The van der Waals surface area contributed by atoms with Gasteiger partial charge in [-0.3, -0.25) is 4.90 Å². The lowest BCUT2D eigenvalue weighted by Crippen LogP contribution is -2.50. The normalized spacial score (nSPS) is 34.6.